The van der Waals surface area contributed by atoms with Crippen LogP contribution in [0.5, 0.6) is 0 Å². The molecule has 0 heterocycles. The Morgan fingerprint density at radius 2 is 2.00 bits per heavy atom. The van der Waals surface area contributed by atoms with E-state index < -0.39 is 10.0 Å². The predicted molar refractivity (Wildman–Crippen MR) is 57.9 cm³/mol. The lowest BCUT2D eigenvalue weighted by atomic mass is 10.6. The summed E-state index contributed by atoms with van der Waals surface area (Å²) in [7, 11) is 0.308. The van der Waals surface area contributed by atoms with E-state index in [-0.39, 0.29) is 5.75 Å². The van der Waals surface area contributed by atoms with E-state index in [1.165, 1.54) is 0 Å². The van der Waals surface area contributed by atoms with E-state index in [2.05, 4.69) is 20.3 Å². The van der Waals surface area contributed by atoms with Gasteiger partial charge in [0.05, 0.1) is 5.75 Å². The Labute approximate surface area is 85.2 Å². The Balaban J connectivity index is 3.67. The Morgan fingerprint density at radius 1 is 1.36 bits per heavy atom. The number of hydrogen-bond acceptors (Lipinski definition) is 3. The van der Waals surface area contributed by atoms with E-state index in [0.717, 1.165) is 0 Å². The van der Waals surface area contributed by atoms with Gasteiger partial charge in [0.2, 0.25) is 10.0 Å². The van der Waals surface area contributed by atoms with Gasteiger partial charge in [-0.05, 0) is 6.92 Å². The molecule has 0 aliphatic heterocycles. The second kappa shape index (κ2) is 6.61. The molecule has 0 bridgehead atoms. The van der Waals surface area contributed by atoms with Gasteiger partial charge in [-0.1, -0.05) is 0 Å². The first-order chi connectivity index (χ1) is 6.55. The van der Waals surface area contributed by atoms with Crippen LogP contribution >= 0.6 is 0 Å². The average molecular weight is 222 g/mol. The van der Waals surface area contributed by atoms with E-state index >= 15 is 0 Å². The van der Waals surface area contributed by atoms with Crippen molar-refractivity contribution in [3.05, 3.63) is 0 Å². The van der Waals surface area contributed by atoms with Gasteiger partial charge in [0.25, 0.3) is 0 Å². The molecule has 0 spiro atoms. The number of rotatable bonds is 5. The van der Waals surface area contributed by atoms with Crippen LogP contribution in [0.25, 0.3) is 0 Å². The summed E-state index contributed by atoms with van der Waals surface area (Å²) >= 11 is 0. The minimum Gasteiger partial charge on any atom is -0.359 e. The maximum Gasteiger partial charge on any atom is 0.211 e. The van der Waals surface area contributed by atoms with Crippen LogP contribution in [-0.4, -0.2) is 47.3 Å². The van der Waals surface area contributed by atoms with Crippen molar-refractivity contribution in [2.45, 2.75) is 6.92 Å². The molecule has 0 fully saturated rings. The molecule has 0 aromatic heterocycles. The average Bonchev–Trinajstić information content (AvgIpc) is 2.18. The van der Waals surface area contributed by atoms with Gasteiger partial charge in [-0.25, -0.2) is 13.1 Å². The second-order valence-corrected chi connectivity index (χ2v) is 4.64. The van der Waals surface area contributed by atoms with Crippen molar-refractivity contribution in [3.63, 3.8) is 0 Å². The van der Waals surface area contributed by atoms with Crippen LogP contribution in [0, 0.1) is 0 Å². The third kappa shape index (κ3) is 5.76. The normalized spacial score (nSPS) is 12.6. The quantitative estimate of drug-likeness (QED) is 0.307. The highest BCUT2D eigenvalue weighted by Crippen LogP contribution is 1.79. The predicted octanol–water partition coefficient (Wildman–Crippen LogP) is -1.28. The molecule has 0 unspecified atom stereocenters. The Hall–Kier alpha value is -0.820. The number of hydrogen-bond donors (Lipinski definition) is 3. The van der Waals surface area contributed by atoms with Crippen LogP contribution in [0.1, 0.15) is 6.92 Å². The van der Waals surface area contributed by atoms with Gasteiger partial charge in [-0.15, -0.1) is 0 Å². The SMILES string of the molecule is CCS(=O)(=O)NCCNC(=NC)NC. The van der Waals surface area contributed by atoms with Gasteiger partial charge >= 0.3 is 0 Å². The van der Waals surface area contributed by atoms with E-state index in [0.29, 0.717) is 19.0 Å². The first-order valence-electron chi connectivity index (χ1n) is 4.41. The summed E-state index contributed by atoms with van der Waals surface area (Å²) in [5, 5.41) is 5.75. The maximum absolute atomic E-state index is 11.0. The molecular weight excluding hydrogens is 204 g/mol. The fourth-order valence-electron chi connectivity index (χ4n) is 0.769. The maximum atomic E-state index is 11.0. The van der Waals surface area contributed by atoms with Crippen LogP contribution in [0.2, 0.25) is 0 Å². The number of aliphatic imine (C=N–C) groups is 1. The highest BCUT2D eigenvalue weighted by atomic mass is 32.2. The summed E-state index contributed by atoms with van der Waals surface area (Å²) in [6, 6.07) is 0. The first kappa shape index (κ1) is 13.2. The standard InChI is InChI=1S/C7H18N4O2S/c1-4-14(12,13)11-6-5-10-7(8-2)9-3/h11H,4-6H2,1-3H3,(H2,8,9,10). The molecule has 0 aromatic carbocycles. The fourth-order valence-corrected chi connectivity index (χ4v) is 1.39. The topological polar surface area (TPSA) is 82.6 Å². The molecule has 0 saturated heterocycles. The monoisotopic (exact) mass is 222 g/mol. The van der Waals surface area contributed by atoms with Gasteiger partial charge in [0, 0.05) is 27.2 Å². The number of nitrogens with zero attached hydrogens (tertiary/aromatic N) is 1. The number of nitrogens with one attached hydrogen (secondary N) is 3. The summed E-state index contributed by atoms with van der Waals surface area (Å²) in [5.41, 5.74) is 0. The molecule has 0 aliphatic rings. The van der Waals surface area contributed by atoms with Gasteiger partial charge in [0.1, 0.15) is 0 Å². The fraction of sp³-hybridized carbons (Fsp3) is 0.857. The molecule has 84 valence electrons. The smallest absolute Gasteiger partial charge is 0.211 e. The molecule has 7 heteroatoms. The van der Waals surface area contributed by atoms with Crippen LogP contribution < -0.4 is 15.4 Å². The number of sulfonamides is 1. The molecule has 0 saturated carbocycles. The Kier molecular flexibility index (Phi) is 6.22. The third-order valence-corrected chi connectivity index (χ3v) is 2.98. The zero-order valence-corrected chi connectivity index (χ0v) is 9.61. The van der Waals surface area contributed by atoms with Gasteiger partial charge in [-0.2, -0.15) is 0 Å². The van der Waals surface area contributed by atoms with Crippen LogP contribution in [-0.2, 0) is 10.0 Å². The molecule has 0 atom stereocenters. The summed E-state index contributed by atoms with van der Waals surface area (Å²) in [4.78, 5) is 3.88. The van der Waals surface area contributed by atoms with Crippen molar-refractivity contribution in [3.8, 4) is 0 Å². The van der Waals surface area contributed by atoms with E-state index in [1.54, 1.807) is 21.0 Å². The van der Waals surface area contributed by atoms with Crippen LogP contribution in [0.4, 0.5) is 0 Å². The zero-order valence-electron chi connectivity index (χ0n) is 8.79. The van der Waals surface area contributed by atoms with Crippen LogP contribution in [0.15, 0.2) is 4.99 Å². The van der Waals surface area contributed by atoms with Crippen molar-refractivity contribution in [1.82, 2.24) is 15.4 Å². The minimum absolute atomic E-state index is 0.105. The molecule has 6 nitrogen and oxygen atoms in total. The first-order valence-corrected chi connectivity index (χ1v) is 6.06. The molecule has 0 radical (unpaired) electrons. The molecule has 0 amide bonds. The van der Waals surface area contributed by atoms with Crippen molar-refractivity contribution in [1.29, 1.82) is 0 Å². The van der Waals surface area contributed by atoms with Gasteiger partial charge in [-0.3, -0.25) is 4.99 Å². The van der Waals surface area contributed by atoms with Gasteiger partial charge < -0.3 is 10.6 Å². The third-order valence-electron chi connectivity index (χ3n) is 1.58. The van der Waals surface area contributed by atoms with Crippen molar-refractivity contribution in [2.24, 2.45) is 4.99 Å². The highest BCUT2D eigenvalue weighted by Gasteiger charge is 2.04. The van der Waals surface area contributed by atoms with Gasteiger partial charge in [0.15, 0.2) is 5.96 Å². The lowest BCUT2D eigenvalue weighted by molar-refractivity contribution is 0.582. The molecule has 0 aliphatic carbocycles. The Bertz CT molecular complexity index is 273. The second-order valence-electron chi connectivity index (χ2n) is 2.55. The summed E-state index contributed by atoms with van der Waals surface area (Å²) in [5.74, 6) is 0.744. The van der Waals surface area contributed by atoms with Crippen molar-refractivity contribution < 1.29 is 8.42 Å². The molecule has 14 heavy (non-hydrogen) atoms. The summed E-state index contributed by atoms with van der Waals surface area (Å²) in [6.07, 6.45) is 0. The minimum atomic E-state index is -3.08. The summed E-state index contributed by atoms with van der Waals surface area (Å²) < 4.78 is 24.4. The zero-order chi connectivity index (χ0) is 11.0. The lowest BCUT2D eigenvalue weighted by Gasteiger charge is -2.08. The Morgan fingerprint density at radius 3 is 2.43 bits per heavy atom. The highest BCUT2D eigenvalue weighted by molar-refractivity contribution is 7.89. The van der Waals surface area contributed by atoms with Crippen molar-refractivity contribution >= 4 is 16.0 Å². The molecule has 3 N–H and O–H groups in total. The van der Waals surface area contributed by atoms with E-state index in [1.807, 2.05) is 0 Å². The summed E-state index contributed by atoms with van der Waals surface area (Å²) in [6.45, 7) is 2.46. The molecular formula is C7H18N4O2S. The van der Waals surface area contributed by atoms with E-state index in [4.69, 9.17) is 0 Å². The van der Waals surface area contributed by atoms with Crippen LogP contribution in [0.3, 0.4) is 0 Å². The molecule has 0 aromatic rings. The van der Waals surface area contributed by atoms with E-state index in [9.17, 15) is 8.42 Å². The van der Waals surface area contributed by atoms with Crippen molar-refractivity contribution in [2.75, 3.05) is 32.9 Å². The largest absolute Gasteiger partial charge is 0.359 e. The lowest BCUT2D eigenvalue weighted by Crippen LogP contribution is -2.40. The molecule has 0 rings (SSSR count). The number of guanidine groups is 1.